The van der Waals surface area contributed by atoms with E-state index in [9.17, 15) is 14.4 Å². The summed E-state index contributed by atoms with van der Waals surface area (Å²) in [6, 6.07) is 10.0. The Morgan fingerprint density at radius 2 is 2.00 bits per heavy atom. The lowest BCUT2D eigenvalue weighted by Crippen LogP contribution is -2.28. The van der Waals surface area contributed by atoms with E-state index in [0.717, 1.165) is 5.56 Å². The normalized spacial score (nSPS) is 13.4. The molecule has 3 rings (SSSR count). The molecule has 0 aliphatic carbocycles. The van der Waals surface area contributed by atoms with Crippen LogP contribution in [-0.2, 0) is 16.3 Å². The lowest BCUT2D eigenvalue weighted by molar-refractivity contribution is 0.203. The first kappa shape index (κ1) is 21.4. The van der Waals surface area contributed by atoms with Crippen molar-refractivity contribution in [2.75, 3.05) is 24.8 Å². The van der Waals surface area contributed by atoms with E-state index in [4.69, 9.17) is 9.52 Å². The number of halogens is 1. The summed E-state index contributed by atoms with van der Waals surface area (Å²) in [5.41, 5.74) is 1.43. The van der Waals surface area contributed by atoms with E-state index in [-0.39, 0.29) is 19.8 Å². The summed E-state index contributed by atoms with van der Waals surface area (Å²) in [6.45, 7) is -0.224. The average molecular weight is 481 g/mol. The Labute approximate surface area is 177 Å². The van der Waals surface area contributed by atoms with Crippen LogP contribution in [0.1, 0.15) is 5.56 Å². The highest BCUT2D eigenvalue weighted by atomic mass is 79.9. The molecule has 0 fully saturated rings. The van der Waals surface area contributed by atoms with Gasteiger partial charge in [0.15, 0.2) is 0 Å². The molecule has 154 valence electrons. The van der Waals surface area contributed by atoms with Gasteiger partial charge in [-0.15, -0.1) is 0 Å². The SMILES string of the molecule is CS(=N)(=O)c1cccc(COc2cc3ncnc(NC(CO)CO)c3cc2Br)c1. The Kier molecular flexibility index (Phi) is 6.68. The molecule has 0 aliphatic rings. The number of aliphatic hydroxyl groups is 2. The zero-order valence-electron chi connectivity index (χ0n) is 15.6. The van der Waals surface area contributed by atoms with Crippen LogP contribution in [0.2, 0.25) is 0 Å². The number of anilines is 1. The van der Waals surface area contributed by atoms with Crippen molar-refractivity contribution in [3.05, 3.63) is 52.8 Å². The summed E-state index contributed by atoms with van der Waals surface area (Å²) in [5, 5.41) is 22.3. The minimum absolute atomic E-state index is 0.230. The second-order valence-corrected chi connectivity index (χ2v) is 9.52. The number of nitrogens with one attached hydrogen (secondary N) is 2. The molecule has 0 amide bonds. The van der Waals surface area contributed by atoms with Gasteiger partial charge in [0, 0.05) is 22.6 Å². The van der Waals surface area contributed by atoms with E-state index in [1.807, 2.05) is 6.07 Å². The van der Waals surface area contributed by atoms with Crippen molar-refractivity contribution in [1.29, 1.82) is 4.78 Å². The lowest BCUT2D eigenvalue weighted by atomic mass is 10.2. The molecule has 1 unspecified atom stereocenters. The third kappa shape index (κ3) is 5.21. The van der Waals surface area contributed by atoms with Crippen molar-refractivity contribution in [1.82, 2.24) is 9.97 Å². The van der Waals surface area contributed by atoms with Crippen LogP contribution < -0.4 is 10.1 Å². The van der Waals surface area contributed by atoms with E-state index in [1.54, 1.807) is 30.3 Å². The highest BCUT2D eigenvalue weighted by molar-refractivity contribution is 9.10. The highest BCUT2D eigenvalue weighted by Gasteiger charge is 2.13. The molecule has 0 spiro atoms. The first-order valence-electron chi connectivity index (χ1n) is 8.70. The minimum Gasteiger partial charge on any atom is -0.488 e. The third-order valence-electron chi connectivity index (χ3n) is 4.21. The van der Waals surface area contributed by atoms with Crippen LogP contribution in [0.4, 0.5) is 5.82 Å². The molecule has 0 radical (unpaired) electrons. The van der Waals surface area contributed by atoms with Crippen molar-refractivity contribution in [2.24, 2.45) is 0 Å². The van der Waals surface area contributed by atoms with E-state index in [1.165, 1.54) is 12.6 Å². The Hall–Kier alpha value is -2.27. The van der Waals surface area contributed by atoms with Gasteiger partial charge < -0.3 is 20.3 Å². The van der Waals surface area contributed by atoms with Crippen molar-refractivity contribution in [3.8, 4) is 5.75 Å². The molecule has 3 aromatic rings. The van der Waals surface area contributed by atoms with Gasteiger partial charge in [0.2, 0.25) is 0 Å². The fraction of sp³-hybridized carbons (Fsp3) is 0.263. The van der Waals surface area contributed by atoms with Gasteiger partial charge in [0.1, 0.15) is 24.5 Å². The second kappa shape index (κ2) is 9.04. The minimum atomic E-state index is -2.79. The Bertz CT molecular complexity index is 1120. The largest absolute Gasteiger partial charge is 0.488 e. The van der Waals surface area contributed by atoms with Gasteiger partial charge in [-0.05, 0) is 39.7 Å². The smallest absolute Gasteiger partial charge is 0.137 e. The van der Waals surface area contributed by atoms with Crippen LogP contribution in [0.5, 0.6) is 5.75 Å². The average Bonchev–Trinajstić information content (AvgIpc) is 2.70. The number of nitrogens with zero attached hydrogens (tertiary/aromatic N) is 2. The van der Waals surface area contributed by atoms with Crippen molar-refractivity contribution < 1.29 is 19.2 Å². The molecule has 1 aromatic heterocycles. The zero-order chi connectivity index (χ0) is 21.0. The number of aliphatic hydroxyl groups excluding tert-OH is 2. The highest BCUT2D eigenvalue weighted by Crippen LogP contribution is 2.33. The Balaban J connectivity index is 1.85. The number of fused-ring (bicyclic) bond motifs is 1. The molecular formula is C19H21BrN4O4S. The molecule has 2 aromatic carbocycles. The standard InChI is InChI=1S/C19H21BrN4O4S/c1-29(21,27)14-4-2-3-12(5-14)10-28-18-7-17-15(6-16(18)20)19(23-11-22-17)24-13(8-25)9-26/h2-7,11,13,21,25-26H,8-10H2,1H3,(H,22,23,24). The van der Waals surface area contributed by atoms with Crippen molar-refractivity contribution >= 4 is 42.4 Å². The monoisotopic (exact) mass is 480 g/mol. The van der Waals surface area contributed by atoms with Crippen molar-refractivity contribution in [2.45, 2.75) is 17.5 Å². The van der Waals surface area contributed by atoms with Gasteiger partial charge in [-0.1, -0.05) is 12.1 Å². The number of ether oxygens (including phenoxy) is 1. The van der Waals surface area contributed by atoms with E-state index in [2.05, 4.69) is 31.2 Å². The molecule has 29 heavy (non-hydrogen) atoms. The first-order valence-corrected chi connectivity index (χ1v) is 11.5. The molecule has 0 aliphatic heterocycles. The van der Waals surface area contributed by atoms with Crippen LogP contribution >= 0.6 is 15.9 Å². The summed E-state index contributed by atoms with van der Waals surface area (Å²) < 4.78 is 26.2. The van der Waals surface area contributed by atoms with Crippen LogP contribution in [-0.4, -0.2) is 49.9 Å². The number of aromatic nitrogens is 2. The molecule has 0 saturated heterocycles. The van der Waals surface area contributed by atoms with Gasteiger partial charge in [-0.25, -0.2) is 19.0 Å². The summed E-state index contributed by atoms with van der Waals surface area (Å²) in [7, 11) is -2.79. The number of hydrogen-bond acceptors (Lipinski definition) is 8. The topological polar surface area (TPSA) is 128 Å². The maximum Gasteiger partial charge on any atom is 0.137 e. The second-order valence-electron chi connectivity index (χ2n) is 6.51. The predicted molar refractivity (Wildman–Crippen MR) is 115 cm³/mol. The van der Waals surface area contributed by atoms with Crippen molar-refractivity contribution in [3.63, 3.8) is 0 Å². The van der Waals surface area contributed by atoms with Crippen LogP contribution in [0.25, 0.3) is 10.9 Å². The first-order chi connectivity index (χ1) is 13.8. The van der Waals surface area contributed by atoms with Crippen LogP contribution in [0.3, 0.4) is 0 Å². The fourth-order valence-electron chi connectivity index (χ4n) is 2.66. The molecule has 0 bridgehead atoms. The van der Waals surface area contributed by atoms with Gasteiger partial charge in [-0.3, -0.25) is 0 Å². The predicted octanol–water partition coefficient (Wildman–Crippen LogP) is 2.77. The van der Waals surface area contributed by atoms with Gasteiger partial charge in [0.25, 0.3) is 0 Å². The van der Waals surface area contributed by atoms with Gasteiger partial charge in [0.05, 0.1) is 39.0 Å². The molecule has 1 atom stereocenters. The molecule has 8 nitrogen and oxygen atoms in total. The Morgan fingerprint density at radius 3 is 2.69 bits per heavy atom. The fourth-order valence-corrected chi connectivity index (χ4v) is 3.84. The molecule has 10 heteroatoms. The summed E-state index contributed by atoms with van der Waals surface area (Å²) in [5.74, 6) is 1.06. The molecule has 0 saturated carbocycles. The number of rotatable bonds is 8. The van der Waals surface area contributed by atoms with E-state index in [0.29, 0.717) is 31.8 Å². The number of benzene rings is 2. The van der Waals surface area contributed by atoms with Crippen LogP contribution in [0, 0.1) is 4.78 Å². The zero-order valence-corrected chi connectivity index (χ0v) is 18.0. The van der Waals surface area contributed by atoms with Gasteiger partial charge >= 0.3 is 0 Å². The molecular weight excluding hydrogens is 460 g/mol. The molecule has 1 heterocycles. The van der Waals surface area contributed by atoms with Gasteiger partial charge in [-0.2, -0.15) is 0 Å². The Morgan fingerprint density at radius 1 is 1.24 bits per heavy atom. The third-order valence-corrected chi connectivity index (χ3v) is 5.99. The maximum absolute atomic E-state index is 11.9. The summed E-state index contributed by atoms with van der Waals surface area (Å²) in [4.78, 5) is 8.91. The number of hydrogen-bond donors (Lipinski definition) is 4. The van der Waals surface area contributed by atoms with Crippen LogP contribution in [0.15, 0.2) is 52.1 Å². The van der Waals surface area contributed by atoms with E-state index < -0.39 is 15.8 Å². The quantitative estimate of drug-likeness (QED) is 0.390. The van der Waals surface area contributed by atoms with E-state index >= 15 is 0 Å². The summed E-state index contributed by atoms with van der Waals surface area (Å²) in [6.07, 6.45) is 2.78. The maximum atomic E-state index is 11.9. The summed E-state index contributed by atoms with van der Waals surface area (Å²) >= 11 is 3.49. The molecule has 4 N–H and O–H groups in total. The lowest BCUT2D eigenvalue weighted by Gasteiger charge is -2.16.